The number of esters is 1. The van der Waals surface area contributed by atoms with E-state index in [1.54, 1.807) is 0 Å². The smallest absolute Gasteiger partial charge is 0.320 e. The summed E-state index contributed by atoms with van der Waals surface area (Å²) in [5.41, 5.74) is 0.292. The summed E-state index contributed by atoms with van der Waals surface area (Å²) in [6.07, 6.45) is -0.262. The van der Waals surface area contributed by atoms with Crippen molar-refractivity contribution in [3.8, 4) is 0 Å². The number of aliphatic hydroxyl groups is 1. The fourth-order valence-electron chi connectivity index (χ4n) is 1.82. The third kappa shape index (κ3) is 6.99. The van der Waals surface area contributed by atoms with Crippen LogP contribution in [0.25, 0.3) is 0 Å². The molecule has 0 radical (unpaired) electrons. The first kappa shape index (κ1) is 22.0. The summed E-state index contributed by atoms with van der Waals surface area (Å²) in [6, 6.07) is 4.31. The molecule has 1 aromatic rings. The number of aliphatic hydroxyl groups excluding tert-OH is 1. The zero-order chi connectivity index (χ0) is 19.2. The van der Waals surface area contributed by atoms with Gasteiger partial charge in [-0.05, 0) is 17.7 Å². The first-order chi connectivity index (χ1) is 11.6. The summed E-state index contributed by atoms with van der Waals surface area (Å²) in [6.45, 7) is -0.382. The van der Waals surface area contributed by atoms with Crippen molar-refractivity contribution in [3.63, 3.8) is 0 Å². The number of nitrogens with one attached hydrogen (secondary N) is 1. The van der Waals surface area contributed by atoms with E-state index >= 15 is 0 Å². The highest BCUT2D eigenvalue weighted by Crippen LogP contribution is 2.20. The maximum absolute atomic E-state index is 11.7. The average molecular weight is 433 g/mol. The van der Waals surface area contributed by atoms with Crippen LogP contribution in [0.5, 0.6) is 0 Å². The standard InChI is InChI=1S/C14H16Cl3NO6S/c1-25(22,23)9-4-2-8(3-5-9)12(20)10(7-24-11(19)6-15)18-14(21)13(16)17/h2-5,10,12-13,20H,6-7H2,1H3,(H,18,21)/t10-,12+/m1/s1. The van der Waals surface area contributed by atoms with Crippen LogP contribution in [0, 0.1) is 0 Å². The highest BCUT2D eigenvalue weighted by molar-refractivity contribution is 7.90. The Hall–Kier alpha value is -1.06. The minimum Gasteiger partial charge on any atom is -0.462 e. The first-order valence-corrected chi connectivity index (χ1v) is 10.1. The molecule has 0 spiro atoms. The Morgan fingerprint density at radius 3 is 2.24 bits per heavy atom. The van der Waals surface area contributed by atoms with E-state index in [1.165, 1.54) is 24.3 Å². The summed E-state index contributed by atoms with van der Waals surface area (Å²) in [7, 11) is -3.39. The van der Waals surface area contributed by atoms with Crippen molar-refractivity contribution in [1.82, 2.24) is 5.32 Å². The van der Waals surface area contributed by atoms with E-state index in [0.29, 0.717) is 5.56 Å². The van der Waals surface area contributed by atoms with Gasteiger partial charge >= 0.3 is 5.97 Å². The van der Waals surface area contributed by atoms with Gasteiger partial charge in [0.15, 0.2) is 14.7 Å². The summed E-state index contributed by atoms with van der Waals surface area (Å²) in [5, 5.41) is 12.8. The fourth-order valence-corrected chi connectivity index (χ4v) is 2.66. The summed E-state index contributed by atoms with van der Waals surface area (Å²) in [4.78, 5) is 21.5. The van der Waals surface area contributed by atoms with Crippen LogP contribution in [0.1, 0.15) is 11.7 Å². The molecule has 0 saturated carbocycles. The molecule has 1 rings (SSSR count). The molecule has 0 heterocycles. The van der Waals surface area contributed by atoms with Crippen LogP contribution < -0.4 is 5.32 Å². The van der Waals surface area contributed by atoms with Crippen molar-refractivity contribution in [3.05, 3.63) is 29.8 Å². The Balaban J connectivity index is 2.98. The molecule has 0 unspecified atom stereocenters. The lowest BCUT2D eigenvalue weighted by molar-refractivity contribution is -0.143. The second-order valence-corrected chi connectivity index (χ2v) is 8.40. The summed E-state index contributed by atoms with van der Waals surface area (Å²) >= 11 is 16.2. The number of ether oxygens (including phenoxy) is 1. The summed E-state index contributed by atoms with van der Waals surface area (Å²) < 4.78 is 27.7. The molecule has 0 aromatic heterocycles. The lowest BCUT2D eigenvalue weighted by Gasteiger charge is -2.24. The number of amides is 1. The van der Waals surface area contributed by atoms with Gasteiger partial charge in [-0.1, -0.05) is 35.3 Å². The van der Waals surface area contributed by atoms with E-state index in [9.17, 15) is 23.1 Å². The molecule has 0 saturated heterocycles. The third-order valence-corrected chi connectivity index (χ3v) is 4.83. The van der Waals surface area contributed by atoms with Gasteiger partial charge < -0.3 is 15.2 Å². The van der Waals surface area contributed by atoms with Gasteiger partial charge in [0.1, 0.15) is 18.6 Å². The molecule has 25 heavy (non-hydrogen) atoms. The number of rotatable bonds is 8. The molecule has 2 N–H and O–H groups in total. The minimum atomic E-state index is -3.39. The molecule has 2 atom stereocenters. The van der Waals surface area contributed by atoms with Gasteiger partial charge in [-0.2, -0.15) is 0 Å². The Kier molecular flexibility index (Phi) is 8.43. The quantitative estimate of drug-likeness (QED) is 0.472. The molecule has 0 fully saturated rings. The van der Waals surface area contributed by atoms with Gasteiger partial charge in [0.2, 0.25) is 0 Å². The molecule has 11 heteroatoms. The predicted octanol–water partition coefficient (Wildman–Crippen LogP) is 1.19. The van der Waals surface area contributed by atoms with Gasteiger partial charge in [0.25, 0.3) is 5.91 Å². The number of alkyl halides is 3. The van der Waals surface area contributed by atoms with Crippen LogP contribution in [0.3, 0.4) is 0 Å². The van der Waals surface area contributed by atoms with Gasteiger partial charge in [-0.15, -0.1) is 11.6 Å². The zero-order valence-corrected chi connectivity index (χ0v) is 16.1. The molecule has 0 aliphatic heterocycles. The Labute approximate surface area is 160 Å². The number of hydrogen-bond acceptors (Lipinski definition) is 6. The van der Waals surface area contributed by atoms with Crippen molar-refractivity contribution in [2.75, 3.05) is 18.7 Å². The van der Waals surface area contributed by atoms with Gasteiger partial charge in [0.05, 0.1) is 10.9 Å². The number of benzene rings is 1. The van der Waals surface area contributed by atoms with Crippen LogP contribution in [-0.2, 0) is 24.2 Å². The fraction of sp³-hybridized carbons (Fsp3) is 0.429. The number of carbonyl (C=O) groups excluding carboxylic acids is 2. The van der Waals surface area contributed by atoms with Gasteiger partial charge in [-0.25, -0.2) is 8.42 Å². The second kappa shape index (κ2) is 9.59. The van der Waals surface area contributed by atoms with E-state index < -0.39 is 44.6 Å². The predicted molar refractivity (Wildman–Crippen MR) is 93.6 cm³/mol. The normalized spacial score (nSPS) is 14.0. The van der Waals surface area contributed by atoms with E-state index in [1.807, 2.05) is 0 Å². The second-order valence-electron chi connectivity index (χ2n) is 5.02. The van der Waals surface area contributed by atoms with Crippen molar-refractivity contribution >= 4 is 56.5 Å². The van der Waals surface area contributed by atoms with E-state index in [0.717, 1.165) is 6.26 Å². The van der Waals surface area contributed by atoms with E-state index in [2.05, 4.69) is 5.32 Å². The maximum atomic E-state index is 11.7. The highest BCUT2D eigenvalue weighted by Gasteiger charge is 2.26. The zero-order valence-electron chi connectivity index (χ0n) is 13.0. The van der Waals surface area contributed by atoms with Crippen LogP contribution in [0.4, 0.5) is 0 Å². The molecule has 0 aliphatic carbocycles. The molecule has 1 amide bonds. The third-order valence-electron chi connectivity index (χ3n) is 3.09. The largest absolute Gasteiger partial charge is 0.462 e. The molecule has 140 valence electrons. The Bertz CT molecular complexity index is 708. The topological polar surface area (TPSA) is 110 Å². The summed E-state index contributed by atoms with van der Waals surface area (Å²) in [5.74, 6) is -1.93. The number of hydrogen-bond donors (Lipinski definition) is 2. The Morgan fingerprint density at radius 1 is 1.24 bits per heavy atom. The van der Waals surface area contributed by atoms with Crippen molar-refractivity contribution in [2.45, 2.75) is 21.9 Å². The van der Waals surface area contributed by atoms with Gasteiger partial charge in [-0.3, -0.25) is 9.59 Å². The van der Waals surface area contributed by atoms with Crippen LogP contribution in [-0.4, -0.2) is 55.0 Å². The molecule has 1 aromatic carbocycles. The Morgan fingerprint density at radius 2 is 1.80 bits per heavy atom. The lowest BCUT2D eigenvalue weighted by Crippen LogP contribution is -2.45. The molecule has 7 nitrogen and oxygen atoms in total. The number of halogens is 3. The first-order valence-electron chi connectivity index (χ1n) is 6.84. The van der Waals surface area contributed by atoms with Crippen molar-refractivity contribution in [1.29, 1.82) is 0 Å². The van der Waals surface area contributed by atoms with Crippen LogP contribution in [0.15, 0.2) is 29.2 Å². The van der Waals surface area contributed by atoms with E-state index in [4.69, 9.17) is 39.5 Å². The highest BCUT2D eigenvalue weighted by atomic mass is 35.5. The van der Waals surface area contributed by atoms with E-state index in [-0.39, 0.29) is 11.5 Å². The number of carbonyl (C=O) groups is 2. The van der Waals surface area contributed by atoms with Crippen LogP contribution in [0.2, 0.25) is 0 Å². The van der Waals surface area contributed by atoms with Crippen molar-refractivity contribution in [2.24, 2.45) is 0 Å². The van der Waals surface area contributed by atoms with Gasteiger partial charge in [0, 0.05) is 6.26 Å². The average Bonchev–Trinajstić information content (AvgIpc) is 2.56. The molecular formula is C14H16Cl3NO6S. The molecular weight excluding hydrogens is 417 g/mol. The maximum Gasteiger partial charge on any atom is 0.320 e. The number of sulfone groups is 1. The minimum absolute atomic E-state index is 0.0687. The van der Waals surface area contributed by atoms with Crippen LogP contribution >= 0.6 is 34.8 Å². The van der Waals surface area contributed by atoms with Crippen molar-refractivity contribution < 1.29 is 27.9 Å². The molecule has 0 aliphatic rings. The lowest BCUT2D eigenvalue weighted by atomic mass is 10.0. The monoisotopic (exact) mass is 431 g/mol. The SMILES string of the molecule is CS(=O)(=O)c1ccc([C@H](O)[C@@H](COC(=O)CCl)NC(=O)C(Cl)Cl)cc1. The molecule has 0 bridgehead atoms.